The number of anilines is 1. The molecule has 0 unspecified atom stereocenters. The fourth-order valence-electron chi connectivity index (χ4n) is 2.14. The standard InChI is InChI=1S/C13H14FN3O3S/c1-17-13(15)10(5-16-17)8-2-3-12(11(14)4-8)21(18,19)9-6-20-7-9/h2-5,9H,6-7,15H2,1H3. The average molecular weight is 311 g/mol. The lowest BCUT2D eigenvalue weighted by Gasteiger charge is -2.25. The van der Waals surface area contributed by atoms with Gasteiger partial charge in [-0.3, -0.25) is 4.68 Å². The first kappa shape index (κ1) is 14.0. The summed E-state index contributed by atoms with van der Waals surface area (Å²) in [6.07, 6.45) is 1.51. The zero-order valence-electron chi connectivity index (χ0n) is 11.3. The van der Waals surface area contributed by atoms with Crippen LogP contribution in [0.15, 0.2) is 29.3 Å². The summed E-state index contributed by atoms with van der Waals surface area (Å²) in [6, 6.07) is 3.97. The summed E-state index contributed by atoms with van der Waals surface area (Å²) in [5.41, 5.74) is 6.88. The molecule has 1 aromatic heterocycles. The number of nitrogen functional groups attached to an aromatic ring is 1. The smallest absolute Gasteiger partial charge is 0.188 e. The van der Waals surface area contributed by atoms with Crippen LogP contribution in [0.2, 0.25) is 0 Å². The molecule has 1 aromatic carbocycles. The molecular formula is C13H14FN3O3S. The van der Waals surface area contributed by atoms with Crippen LogP contribution >= 0.6 is 0 Å². The molecule has 0 aliphatic carbocycles. The minimum Gasteiger partial charge on any atom is -0.383 e. The first-order valence-corrected chi connectivity index (χ1v) is 7.85. The summed E-state index contributed by atoms with van der Waals surface area (Å²) in [7, 11) is -2.02. The lowest BCUT2D eigenvalue weighted by atomic mass is 10.1. The highest BCUT2D eigenvalue weighted by molar-refractivity contribution is 7.92. The summed E-state index contributed by atoms with van der Waals surface area (Å²) in [5, 5.41) is 3.31. The number of ether oxygens (including phenoxy) is 1. The molecule has 0 amide bonds. The summed E-state index contributed by atoms with van der Waals surface area (Å²) in [6.45, 7) is 0.220. The normalized spacial score (nSPS) is 15.9. The molecule has 0 bridgehead atoms. The van der Waals surface area contributed by atoms with Crippen molar-refractivity contribution in [2.24, 2.45) is 7.05 Å². The van der Waals surface area contributed by atoms with E-state index in [-0.39, 0.29) is 18.1 Å². The van der Waals surface area contributed by atoms with E-state index in [0.29, 0.717) is 16.9 Å². The van der Waals surface area contributed by atoms with Gasteiger partial charge in [0.25, 0.3) is 0 Å². The predicted octanol–water partition coefficient (Wildman–Crippen LogP) is 0.981. The topological polar surface area (TPSA) is 87.2 Å². The number of nitrogens with two attached hydrogens (primary N) is 1. The third-order valence-corrected chi connectivity index (χ3v) is 5.67. The van der Waals surface area contributed by atoms with Gasteiger partial charge in [0.1, 0.15) is 21.8 Å². The maximum absolute atomic E-state index is 14.2. The van der Waals surface area contributed by atoms with E-state index < -0.39 is 20.9 Å². The van der Waals surface area contributed by atoms with Crippen molar-refractivity contribution in [1.82, 2.24) is 9.78 Å². The number of aryl methyl sites for hydroxylation is 1. The van der Waals surface area contributed by atoms with Crippen LogP contribution in [0.5, 0.6) is 0 Å². The Morgan fingerprint density at radius 1 is 1.43 bits per heavy atom. The van der Waals surface area contributed by atoms with E-state index in [1.165, 1.54) is 29.1 Å². The fourth-order valence-corrected chi connectivity index (χ4v) is 3.64. The molecule has 2 heterocycles. The first-order valence-electron chi connectivity index (χ1n) is 6.30. The van der Waals surface area contributed by atoms with Crippen LogP contribution < -0.4 is 5.73 Å². The van der Waals surface area contributed by atoms with Crippen molar-refractivity contribution in [3.05, 3.63) is 30.2 Å². The van der Waals surface area contributed by atoms with Crippen LogP contribution in [0.25, 0.3) is 11.1 Å². The molecule has 1 aliphatic rings. The van der Waals surface area contributed by atoms with Crippen molar-refractivity contribution >= 4 is 15.7 Å². The molecule has 1 saturated heterocycles. The number of benzene rings is 1. The van der Waals surface area contributed by atoms with Crippen molar-refractivity contribution in [2.75, 3.05) is 18.9 Å². The van der Waals surface area contributed by atoms with Gasteiger partial charge in [-0.1, -0.05) is 6.07 Å². The molecule has 21 heavy (non-hydrogen) atoms. The van der Waals surface area contributed by atoms with E-state index >= 15 is 0 Å². The molecule has 1 fully saturated rings. The van der Waals surface area contributed by atoms with Crippen LogP contribution in [0.1, 0.15) is 0 Å². The van der Waals surface area contributed by atoms with E-state index in [9.17, 15) is 12.8 Å². The maximum Gasteiger partial charge on any atom is 0.188 e. The molecule has 0 atom stereocenters. The number of hydrogen-bond acceptors (Lipinski definition) is 5. The molecule has 0 radical (unpaired) electrons. The Hall–Kier alpha value is -1.93. The van der Waals surface area contributed by atoms with Crippen molar-refractivity contribution < 1.29 is 17.5 Å². The molecular weight excluding hydrogens is 297 g/mol. The predicted molar refractivity (Wildman–Crippen MR) is 74.8 cm³/mol. The van der Waals surface area contributed by atoms with E-state index in [0.717, 1.165) is 0 Å². The highest BCUT2D eigenvalue weighted by Crippen LogP contribution is 2.30. The van der Waals surface area contributed by atoms with E-state index in [4.69, 9.17) is 10.5 Å². The lowest BCUT2D eigenvalue weighted by Crippen LogP contribution is -2.40. The number of rotatable bonds is 3. The van der Waals surface area contributed by atoms with Gasteiger partial charge in [-0.15, -0.1) is 0 Å². The van der Waals surface area contributed by atoms with E-state index in [1.807, 2.05) is 0 Å². The first-order chi connectivity index (χ1) is 9.91. The van der Waals surface area contributed by atoms with Gasteiger partial charge < -0.3 is 10.5 Å². The third kappa shape index (κ3) is 2.20. The highest BCUT2D eigenvalue weighted by Gasteiger charge is 2.35. The molecule has 1 aliphatic heterocycles. The molecule has 3 rings (SSSR count). The second kappa shape index (κ2) is 4.81. The van der Waals surface area contributed by atoms with Crippen molar-refractivity contribution in [2.45, 2.75) is 10.1 Å². The molecule has 0 spiro atoms. The van der Waals surface area contributed by atoms with Crippen LogP contribution in [0.3, 0.4) is 0 Å². The summed E-state index contributed by atoms with van der Waals surface area (Å²) >= 11 is 0. The van der Waals surface area contributed by atoms with Crippen molar-refractivity contribution in [1.29, 1.82) is 0 Å². The Kier molecular flexibility index (Phi) is 3.22. The van der Waals surface area contributed by atoms with Crippen LogP contribution in [-0.4, -0.2) is 36.7 Å². The highest BCUT2D eigenvalue weighted by atomic mass is 32.2. The number of halogens is 1. The number of nitrogens with zero attached hydrogens (tertiary/aromatic N) is 2. The molecule has 6 nitrogen and oxygen atoms in total. The van der Waals surface area contributed by atoms with Crippen molar-refractivity contribution in [3.8, 4) is 11.1 Å². The molecule has 2 aromatic rings. The fraction of sp³-hybridized carbons (Fsp3) is 0.308. The Morgan fingerprint density at radius 2 is 2.14 bits per heavy atom. The van der Waals surface area contributed by atoms with Crippen molar-refractivity contribution in [3.63, 3.8) is 0 Å². The summed E-state index contributed by atoms with van der Waals surface area (Å²) in [4.78, 5) is -0.304. The summed E-state index contributed by atoms with van der Waals surface area (Å²) in [5.74, 6) is -0.403. The maximum atomic E-state index is 14.2. The van der Waals surface area contributed by atoms with Gasteiger partial charge in [-0.25, -0.2) is 12.8 Å². The Bertz CT molecular complexity index is 797. The van der Waals surface area contributed by atoms with E-state index in [1.54, 1.807) is 7.05 Å². The summed E-state index contributed by atoms with van der Waals surface area (Å²) < 4.78 is 44.9. The van der Waals surface area contributed by atoms with Gasteiger partial charge in [-0.2, -0.15) is 5.10 Å². The second-order valence-electron chi connectivity index (χ2n) is 4.92. The Labute approximate surface area is 121 Å². The molecule has 0 saturated carbocycles. The van der Waals surface area contributed by atoms with Gasteiger partial charge in [0.05, 0.1) is 19.4 Å². The van der Waals surface area contributed by atoms with Crippen LogP contribution in [0, 0.1) is 5.82 Å². The van der Waals surface area contributed by atoms with Crippen LogP contribution in [0.4, 0.5) is 10.2 Å². The second-order valence-corrected chi connectivity index (χ2v) is 7.11. The quantitative estimate of drug-likeness (QED) is 0.913. The molecule has 2 N–H and O–H groups in total. The zero-order valence-corrected chi connectivity index (χ0v) is 12.1. The lowest BCUT2D eigenvalue weighted by molar-refractivity contribution is 0.0415. The molecule has 112 valence electrons. The zero-order chi connectivity index (χ0) is 15.2. The van der Waals surface area contributed by atoms with E-state index in [2.05, 4.69) is 5.10 Å². The minimum atomic E-state index is -3.69. The van der Waals surface area contributed by atoms with Gasteiger partial charge in [0.2, 0.25) is 0 Å². The third-order valence-electron chi connectivity index (χ3n) is 3.58. The number of hydrogen-bond donors (Lipinski definition) is 1. The number of sulfone groups is 1. The SMILES string of the molecule is Cn1ncc(-c2ccc(S(=O)(=O)C3COC3)c(F)c2)c1N. The van der Waals surface area contributed by atoms with Crippen LogP contribution in [-0.2, 0) is 21.6 Å². The van der Waals surface area contributed by atoms with Gasteiger partial charge in [0, 0.05) is 12.6 Å². The van der Waals surface area contributed by atoms with Gasteiger partial charge in [-0.05, 0) is 17.7 Å². The minimum absolute atomic E-state index is 0.110. The Morgan fingerprint density at radius 3 is 2.62 bits per heavy atom. The van der Waals surface area contributed by atoms with Gasteiger partial charge >= 0.3 is 0 Å². The largest absolute Gasteiger partial charge is 0.383 e. The Balaban J connectivity index is 2.02. The number of aromatic nitrogens is 2. The molecule has 8 heteroatoms. The average Bonchev–Trinajstić information content (AvgIpc) is 2.66. The van der Waals surface area contributed by atoms with Gasteiger partial charge in [0.15, 0.2) is 9.84 Å². The monoisotopic (exact) mass is 311 g/mol.